The first-order valence-electron chi connectivity index (χ1n) is 4.08. The average molecular weight is 214 g/mol. The molecule has 0 saturated heterocycles. The van der Waals surface area contributed by atoms with Crippen molar-refractivity contribution in [3.05, 3.63) is 0 Å². The van der Waals surface area contributed by atoms with Gasteiger partial charge < -0.3 is 10.4 Å². The molecular formula is C6H10N6O3. The summed E-state index contributed by atoms with van der Waals surface area (Å²) in [5.74, 6) is -0.918. The van der Waals surface area contributed by atoms with Gasteiger partial charge in [0.25, 0.3) is 5.95 Å². The lowest BCUT2D eigenvalue weighted by Crippen LogP contribution is -2.31. The summed E-state index contributed by atoms with van der Waals surface area (Å²) >= 11 is 0. The van der Waals surface area contributed by atoms with Gasteiger partial charge in [-0.15, -0.1) is 5.10 Å². The van der Waals surface area contributed by atoms with Crippen molar-refractivity contribution in [2.45, 2.75) is 6.42 Å². The molecule has 3 N–H and O–H groups in total. The summed E-state index contributed by atoms with van der Waals surface area (Å²) < 4.78 is 0. The highest BCUT2D eigenvalue weighted by molar-refractivity contribution is 5.87. The molecule has 0 fully saturated rings. The second-order valence-corrected chi connectivity index (χ2v) is 2.63. The fourth-order valence-electron chi connectivity index (χ4n) is 0.763. The fraction of sp³-hybridized carbons (Fsp3) is 0.500. The van der Waals surface area contributed by atoms with Gasteiger partial charge in [0.2, 0.25) is 0 Å². The van der Waals surface area contributed by atoms with Crippen LogP contribution in [0.2, 0.25) is 0 Å². The summed E-state index contributed by atoms with van der Waals surface area (Å²) in [5.41, 5.74) is 0. The molecule has 0 radical (unpaired) electrons. The van der Waals surface area contributed by atoms with E-state index in [-0.39, 0.29) is 18.9 Å². The molecule has 82 valence electrons. The average Bonchev–Trinajstić information content (AvgIpc) is 2.50. The predicted octanol–water partition coefficient (Wildman–Crippen LogP) is -1.19. The third-order valence-electron chi connectivity index (χ3n) is 1.36. The quantitative estimate of drug-likeness (QED) is 0.579. The van der Waals surface area contributed by atoms with Gasteiger partial charge in [-0.1, -0.05) is 5.10 Å². The summed E-state index contributed by atoms with van der Waals surface area (Å²) in [6, 6.07) is -0.566. The minimum atomic E-state index is -0.979. The van der Waals surface area contributed by atoms with E-state index in [1.165, 1.54) is 4.80 Å². The van der Waals surface area contributed by atoms with Crippen LogP contribution in [0.25, 0.3) is 0 Å². The number of aromatic nitrogens is 4. The number of urea groups is 1. The Balaban J connectivity index is 2.27. The lowest BCUT2D eigenvalue weighted by Gasteiger charge is -2.01. The molecule has 0 aliphatic carbocycles. The number of rotatable bonds is 4. The van der Waals surface area contributed by atoms with Gasteiger partial charge >= 0.3 is 12.0 Å². The van der Waals surface area contributed by atoms with E-state index in [1.54, 1.807) is 7.05 Å². The van der Waals surface area contributed by atoms with Crippen molar-refractivity contribution in [3.8, 4) is 0 Å². The van der Waals surface area contributed by atoms with Gasteiger partial charge in [-0.05, 0) is 5.21 Å². The van der Waals surface area contributed by atoms with Crippen LogP contribution in [0.3, 0.4) is 0 Å². The Morgan fingerprint density at radius 3 is 2.80 bits per heavy atom. The summed E-state index contributed by atoms with van der Waals surface area (Å²) in [4.78, 5) is 22.4. The summed E-state index contributed by atoms with van der Waals surface area (Å²) in [7, 11) is 1.56. The molecule has 9 heteroatoms. The van der Waals surface area contributed by atoms with E-state index in [2.05, 4.69) is 26.0 Å². The molecular weight excluding hydrogens is 204 g/mol. The molecule has 0 spiro atoms. The molecule has 0 unspecified atom stereocenters. The molecule has 9 nitrogen and oxygen atoms in total. The van der Waals surface area contributed by atoms with E-state index < -0.39 is 12.0 Å². The number of carboxylic acids is 1. The van der Waals surface area contributed by atoms with Crippen molar-refractivity contribution in [1.82, 2.24) is 25.5 Å². The molecule has 1 rings (SSSR count). The fourth-order valence-corrected chi connectivity index (χ4v) is 0.763. The normalized spacial score (nSPS) is 9.67. The molecule has 15 heavy (non-hydrogen) atoms. The highest BCUT2D eigenvalue weighted by Gasteiger charge is 2.05. The number of anilines is 1. The van der Waals surface area contributed by atoms with E-state index >= 15 is 0 Å². The van der Waals surface area contributed by atoms with Gasteiger partial charge in [0.05, 0.1) is 13.5 Å². The highest BCUT2D eigenvalue weighted by atomic mass is 16.4. The molecule has 0 atom stereocenters. The maximum atomic E-state index is 11.1. The Morgan fingerprint density at radius 1 is 1.53 bits per heavy atom. The SMILES string of the molecule is Cn1nnc(NC(=O)NCCC(=O)O)n1. The number of aliphatic carboxylic acids is 1. The number of aryl methyl sites for hydroxylation is 1. The number of carbonyl (C=O) groups is 2. The zero-order valence-electron chi connectivity index (χ0n) is 7.97. The third kappa shape index (κ3) is 4.02. The van der Waals surface area contributed by atoms with Crippen molar-refractivity contribution < 1.29 is 14.7 Å². The largest absolute Gasteiger partial charge is 0.481 e. The summed E-state index contributed by atoms with van der Waals surface area (Å²) in [5, 5.41) is 23.6. The molecule has 0 bridgehead atoms. The van der Waals surface area contributed by atoms with Crippen LogP contribution < -0.4 is 10.6 Å². The van der Waals surface area contributed by atoms with Crippen LogP contribution in [0.5, 0.6) is 0 Å². The van der Waals surface area contributed by atoms with E-state index in [4.69, 9.17) is 5.11 Å². The molecule has 0 aliphatic heterocycles. The van der Waals surface area contributed by atoms with Crippen molar-refractivity contribution >= 4 is 17.9 Å². The first kappa shape index (κ1) is 10.9. The standard InChI is InChI=1S/C6H10N6O3/c1-12-10-5(9-11-12)8-6(15)7-3-2-4(13)14/h2-3H2,1H3,(H,13,14)(H2,7,8,10,15). The van der Waals surface area contributed by atoms with Gasteiger partial charge in [-0.3, -0.25) is 10.1 Å². The van der Waals surface area contributed by atoms with E-state index in [0.29, 0.717) is 0 Å². The Hall–Kier alpha value is -2.19. The van der Waals surface area contributed by atoms with Gasteiger partial charge in [0, 0.05) is 6.54 Å². The first-order valence-corrected chi connectivity index (χ1v) is 4.08. The Morgan fingerprint density at radius 2 is 2.27 bits per heavy atom. The Labute approximate surface area is 84.5 Å². The van der Waals surface area contributed by atoms with Crippen molar-refractivity contribution in [2.75, 3.05) is 11.9 Å². The number of tetrazole rings is 1. The van der Waals surface area contributed by atoms with Crippen LogP contribution in [-0.2, 0) is 11.8 Å². The smallest absolute Gasteiger partial charge is 0.321 e. The van der Waals surface area contributed by atoms with Crippen LogP contribution in [0, 0.1) is 0 Å². The minimum Gasteiger partial charge on any atom is -0.481 e. The lowest BCUT2D eigenvalue weighted by atomic mass is 10.4. The maximum Gasteiger partial charge on any atom is 0.321 e. The second kappa shape index (κ2) is 4.88. The van der Waals surface area contributed by atoms with Crippen molar-refractivity contribution in [1.29, 1.82) is 0 Å². The van der Waals surface area contributed by atoms with Crippen molar-refractivity contribution in [2.24, 2.45) is 7.05 Å². The van der Waals surface area contributed by atoms with Gasteiger partial charge in [-0.25, -0.2) is 4.79 Å². The summed E-state index contributed by atoms with van der Waals surface area (Å²) in [6.45, 7) is 0.0431. The van der Waals surface area contributed by atoms with E-state index in [1.807, 2.05) is 0 Å². The number of amides is 2. The Bertz CT molecular complexity index is 362. The Kier molecular flexibility index (Phi) is 3.55. The molecule has 1 aromatic heterocycles. The zero-order valence-corrected chi connectivity index (χ0v) is 7.97. The number of carbonyl (C=O) groups excluding carboxylic acids is 1. The van der Waals surface area contributed by atoms with Gasteiger partial charge in [0.1, 0.15) is 0 Å². The van der Waals surface area contributed by atoms with Crippen LogP contribution >= 0.6 is 0 Å². The predicted molar refractivity (Wildman–Crippen MR) is 48.1 cm³/mol. The zero-order chi connectivity index (χ0) is 11.3. The number of hydrogen-bond acceptors (Lipinski definition) is 5. The highest BCUT2D eigenvalue weighted by Crippen LogP contribution is 1.90. The van der Waals surface area contributed by atoms with Crippen LogP contribution in [0.15, 0.2) is 0 Å². The minimum absolute atomic E-state index is 0.0431. The van der Waals surface area contributed by atoms with Crippen LogP contribution in [-0.4, -0.2) is 43.9 Å². The molecule has 0 aromatic carbocycles. The first-order chi connectivity index (χ1) is 7.08. The van der Waals surface area contributed by atoms with Gasteiger partial charge in [0.15, 0.2) is 0 Å². The van der Waals surface area contributed by atoms with E-state index in [9.17, 15) is 9.59 Å². The number of nitrogens with zero attached hydrogens (tertiary/aromatic N) is 4. The third-order valence-corrected chi connectivity index (χ3v) is 1.36. The van der Waals surface area contributed by atoms with Gasteiger partial charge in [-0.2, -0.15) is 4.80 Å². The second-order valence-electron chi connectivity index (χ2n) is 2.63. The van der Waals surface area contributed by atoms with E-state index in [0.717, 1.165) is 0 Å². The van der Waals surface area contributed by atoms with Crippen molar-refractivity contribution in [3.63, 3.8) is 0 Å². The molecule has 1 heterocycles. The maximum absolute atomic E-state index is 11.1. The van der Waals surface area contributed by atoms with Crippen LogP contribution in [0.4, 0.5) is 10.7 Å². The monoisotopic (exact) mass is 214 g/mol. The number of nitrogens with one attached hydrogen (secondary N) is 2. The summed E-state index contributed by atoms with van der Waals surface area (Å²) in [6.07, 6.45) is -0.138. The molecule has 0 saturated carbocycles. The molecule has 2 amide bonds. The lowest BCUT2D eigenvalue weighted by molar-refractivity contribution is -0.136. The van der Waals surface area contributed by atoms with Crippen LogP contribution in [0.1, 0.15) is 6.42 Å². The number of carboxylic acid groups (broad SMARTS) is 1. The number of hydrogen-bond donors (Lipinski definition) is 3. The molecule has 0 aliphatic rings. The topological polar surface area (TPSA) is 122 Å². The molecule has 1 aromatic rings.